The van der Waals surface area contributed by atoms with E-state index in [0.717, 1.165) is 25.7 Å². The monoisotopic (exact) mass is 330 g/mol. The number of benzene rings is 1. The number of Topliss-reactive ketones (excluding diaryl/α,β-unsaturated/α-hetero) is 1. The van der Waals surface area contributed by atoms with Crippen molar-refractivity contribution in [3.05, 3.63) is 46.5 Å². The summed E-state index contributed by atoms with van der Waals surface area (Å²) in [6, 6.07) is 8.75. The molecule has 0 saturated heterocycles. The van der Waals surface area contributed by atoms with Crippen LogP contribution in [0.15, 0.2) is 35.4 Å². The number of aliphatic hydroxyl groups is 1. The summed E-state index contributed by atoms with van der Waals surface area (Å²) >= 11 is 0. The van der Waals surface area contributed by atoms with E-state index in [1.165, 1.54) is 24.0 Å². The summed E-state index contributed by atoms with van der Waals surface area (Å²) in [6.07, 6.45) is 7.19. The Morgan fingerprint density at radius 2 is 1.50 bits per heavy atom. The zero-order valence-electron chi connectivity index (χ0n) is 16.1. The maximum Gasteiger partial charge on any atom is 0.163 e. The Bertz CT molecular complexity index is 529. The summed E-state index contributed by atoms with van der Waals surface area (Å²) in [5.41, 5.74) is 5.00. The normalized spacial score (nSPS) is 13.9. The molecule has 1 aromatic rings. The lowest BCUT2D eigenvalue weighted by Crippen LogP contribution is -2.30. The van der Waals surface area contributed by atoms with Gasteiger partial charge >= 0.3 is 0 Å². The number of allylic oxidation sites excluding steroid dienone is 2. The molecular formula is C22H34O2. The minimum Gasteiger partial charge on any atom is -0.383 e. The number of carbonyl (C=O) groups is 1. The Kier molecular flexibility index (Phi) is 8.41. The number of ketones is 1. The van der Waals surface area contributed by atoms with Gasteiger partial charge in [0.2, 0.25) is 0 Å². The summed E-state index contributed by atoms with van der Waals surface area (Å²) in [6.45, 7) is 9.72. The van der Waals surface area contributed by atoms with E-state index in [9.17, 15) is 9.90 Å². The summed E-state index contributed by atoms with van der Waals surface area (Å²) in [7, 11) is 0. The van der Waals surface area contributed by atoms with Crippen LogP contribution in [-0.4, -0.2) is 16.5 Å². The lowest BCUT2D eigenvalue weighted by atomic mass is 9.88. The van der Waals surface area contributed by atoms with Crippen LogP contribution >= 0.6 is 0 Å². The van der Waals surface area contributed by atoms with E-state index in [4.69, 9.17) is 0 Å². The molecule has 0 bridgehead atoms. The number of fused-ring (bicyclic) bond motifs is 1. The second-order valence-corrected chi connectivity index (χ2v) is 7.48. The third kappa shape index (κ3) is 7.00. The van der Waals surface area contributed by atoms with Gasteiger partial charge in [0.15, 0.2) is 5.78 Å². The molecule has 0 unspecified atom stereocenters. The molecule has 0 radical (unpaired) electrons. The highest BCUT2D eigenvalue weighted by Crippen LogP contribution is 2.24. The number of hydrogen-bond donors (Lipinski definition) is 1. The smallest absolute Gasteiger partial charge is 0.163 e. The van der Waals surface area contributed by atoms with E-state index in [2.05, 4.69) is 45.0 Å². The summed E-state index contributed by atoms with van der Waals surface area (Å²) in [4.78, 5) is 11.2. The van der Waals surface area contributed by atoms with Crippen molar-refractivity contribution in [2.75, 3.05) is 0 Å². The first kappa shape index (κ1) is 20.6. The lowest BCUT2D eigenvalue weighted by molar-refractivity contribution is -0.134. The average Bonchev–Trinajstić information content (AvgIpc) is 2.52. The predicted molar refractivity (Wildman–Crippen MR) is 102 cm³/mol. The summed E-state index contributed by atoms with van der Waals surface area (Å²) in [5, 5.41) is 9.29. The fraction of sp³-hybridized carbons (Fsp3) is 0.591. The Morgan fingerprint density at radius 1 is 1.00 bits per heavy atom. The van der Waals surface area contributed by atoms with E-state index >= 15 is 0 Å². The van der Waals surface area contributed by atoms with Crippen molar-refractivity contribution in [1.82, 2.24) is 0 Å². The topological polar surface area (TPSA) is 37.3 Å². The highest BCUT2D eigenvalue weighted by Gasteiger charge is 2.22. The predicted octanol–water partition coefficient (Wildman–Crippen LogP) is 5.42. The molecule has 0 amide bonds. The van der Waals surface area contributed by atoms with E-state index < -0.39 is 5.60 Å². The van der Waals surface area contributed by atoms with Gasteiger partial charge in [0.05, 0.1) is 0 Å². The molecular weight excluding hydrogens is 296 g/mol. The van der Waals surface area contributed by atoms with Gasteiger partial charge in [-0.2, -0.15) is 0 Å². The summed E-state index contributed by atoms with van der Waals surface area (Å²) in [5.74, 6) is -0.0430. The van der Waals surface area contributed by atoms with Crippen LogP contribution in [0, 0.1) is 0 Å². The highest BCUT2D eigenvalue weighted by molar-refractivity contribution is 5.86. The van der Waals surface area contributed by atoms with Crippen LogP contribution in [0.2, 0.25) is 0 Å². The molecule has 1 aromatic carbocycles. The van der Waals surface area contributed by atoms with Crippen LogP contribution in [0.1, 0.15) is 77.8 Å². The van der Waals surface area contributed by atoms with Crippen LogP contribution in [0.25, 0.3) is 0 Å². The van der Waals surface area contributed by atoms with Gasteiger partial charge in [0.1, 0.15) is 5.60 Å². The van der Waals surface area contributed by atoms with Crippen LogP contribution in [0.4, 0.5) is 0 Å². The van der Waals surface area contributed by atoms with Gasteiger partial charge in [-0.05, 0) is 58.1 Å². The second kappa shape index (κ2) is 9.78. The molecule has 0 heterocycles. The Hall–Kier alpha value is -1.41. The zero-order chi connectivity index (χ0) is 18.2. The molecule has 134 valence electrons. The van der Waals surface area contributed by atoms with Crippen LogP contribution in [-0.2, 0) is 17.6 Å². The average molecular weight is 331 g/mol. The van der Waals surface area contributed by atoms with Crippen molar-refractivity contribution < 1.29 is 9.90 Å². The molecule has 2 nitrogen and oxygen atoms in total. The molecule has 1 aliphatic rings. The Morgan fingerprint density at radius 3 is 1.92 bits per heavy atom. The molecule has 2 rings (SSSR count). The van der Waals surface area contributed by atoms with Gasteiger partial charge in [0.25, 0.3) is 0 Å². The number of hydrogen-bond acceptors (Lipinski definition) is 2. The van der Waals surface area contributed by atoms with E-state index in [0.29, 0.717) is 6.42 Å². The van der Waals surface area contributed by atoms with Crippen LogP contribution < -0.4 is 0 Å². The van der Waals surface area contributed by atoms with Gasteiger partial charge in [-0.3, -0.25) is 4.79 Å². The van der Waals surface area contributed by atoms with E-state index in [1.54, 1.807) is 25.0 Å². The van der Waals surface area contributed by atoms with Crippen molar-refractivity contribution in [3.8, 4) is 0 Å². The fourth-order valence-corrected chi connectivity index (χ4v) is 2.79. The zero-order valence-corrected chi connectivity index (χ0v) is 16.1. The van der Waals surface area contributed by atoms with Crippen molar-refractivity contribution in [3.63, 3.8) is 0 Å². The molecule has 0 aromatic heterocycles. The quantitative estimate of drug-likeness (QED) is 0.558. The first-order valence-corrected chi connectivity index (χ1v) is 9.23. The second-order valence-electron chi connectivity index (χ2n) is 7.48. The van der Waals surface area contributed by atoms with Crippen molar-refractivity contribution in [2.24, 2.45) is 0 Å². The molecule has 0 atom stereocenters. The highest BCUT2D eigenvalue weighted by atomic mass is 16.3. The van der Waals surface area contributed by atoms with E-state index in [-0.39, 0.29) is 5.78 Å². The molecule has 0 fully saturated rings. The largest absolute Gasteiger partial charge is 0.383 e. The van der Waals surface area contributed by atoms with Gasteiger partial charge < -0.3 is 5.11 Å². The molecule has 0 spiro atoms. The third-order valence-electron chi connectivity index (χ3n) is 4.70. The van der Waals surface area contributed by atoms with Crippen LogP contribution in [0.3, 0.4) is 0 Å². The van der Waals surface area contributed by atoms with Crippen molar-refractivity contribution in [2.45, 2.75) is 85.2 Å². The standard InChI is InChI=1S/C12H14.C10H20O2/c1-9-7-11-5-3-4-6-12(11)8-10(9)2;1-4-5-6-7-8-9(11)10(2,3)12/h3-6H,7-8H2,1-2H3;12H,4-8H2,1-3H3. The third-order valence-corrected chi connectivity index (χ3v) is 4.70. The molecule has 0 saturated carbocycles. The minimum absolute atomic E-state index is 0.0430. The fourth-order valence-electron chi connectivity index (χ4n) is 2.79. The Labute approximate surface area is 148 Å². The maximum absolute atomic E-state index is 11.2. The van der Waals surface area contributed by atoms with Gasteiger partial charge in [0, 0.05) is 6.42 Å². The molecule has 1 aliphatic carbocycles. The lowest BCUT2D eigenvalue weighted by Gasteiger charge is -2.18. The number of unbranched alkanes of at least 4 members (excludes halogenated alkanes) is 3. The van der Waals surface area contributed by atoms with Gasteiger partial charge in [-0.15, -0.1) is 0 Å². The Balaban J connectivity index is 0.000000240. The number of carbonyl (C=O) groups excluding carboxylic acids is 1. The SMILES string of the molecule is CC1=C(C)Cc2ccccc2C1.CCCCCCC(=O)C(C)(C)O. The molecule has 0 aliphatic heterocycles. The molecule has 1 N–H and O–H groups in total. The van der Waals surface area contributed by atoms with Crippen molar-refractivity contribution in [1.29, 1.82) is 0 Å². The molecule has 2 heteroatoms. The molecule has 24 heavy (non-hydrogen) atoms. The first-order chi connectivity index (χ1) is 11.3. The van der Waals surface area contributed by atoms with Crippen LogP contribution in [0.5, 0.6) is 0 Å². The number of rotatable bonds is 6. The first-order valence-electron chi connectivity index (χ1n) is 9.23. The maximum atomic E-state index is 11.2. The minimum atomic E-state index is -1.13. The van der Waals surface area contributed by atoms with Crippen molar-refractivity contribution >= 4 is 5.78 Å². The van der Waals surface area contributed by atoms with E-state index in [1.807, 2.05) is 0 Å². The van der Waals surface area contributed by atoms with Gasteiger partial charge in [-0.25, -0.2) is 0 Å². The van der Waals surface area contributed by atoms with Gasteiger partial charge in [-0.1, -0.05) is 61.6 Å². The summed E-state index contributed by atoms with van der Waals surface area (Å²) < 4.78 is 0.